The number of hydrogen-bond donors (Lipinski definition) is 2. The topological polar surface area (TPSA) is 64.7 Å². The number of carbonyl (C=O) groups is 2. The third-order valence-electron chi connectivity index (χ3n) is 5.48. The van der Waals surface area contributed by atoms with Crippen LogP contribution in [0.4, 0.5) is 25.0 Å². The molecule has 1 spiro atoms. The number of nitrogens with zero attached hydrogens (tertiary/aromatic N) is 2. The van der Waals surface area contributed by atoms with Crippen LogP contribution in [-0.4, -0.2) is 42.1 Å². The molecule has 146 valence electrons. The van der Waals surface area contributed by atoms with E-state index in [0.29, 0.717) is 32.6 Å². The zero-order chi connectivity index (χ0) is 19.7. The Hall–Kier alpha value is -3.16. The molecule has 2 aromatic carbocycles. The van der Waals surface area contributed by atoms with E-state index < -0.39 is 28.9 Å². The van der Waals surface area contributed by atoms with Gasteiger partial charge < -0.3 is 20.4 Å². The lowest BCUT2D eigenvalue weighted by Crippen LogP contribution is -2.57. The fourth-order valence-corrected chi connectivity index (χ4v) is 3.92. The van der Waals surface area contributed by atoms with Crippen LogP contribution < -0.4 is 15.5 Å². The fourth-order valence-electron chi connectivity index (χ4n) is 3.92. The summed E-state index contributed by atoms with van der Waals surface area (Å²) in [6.45, 7) is 1.02. The summed E-state index contributed by atoms with van der Waals surface area (Å²) in [5, 5.41) is 5.20. The molecule has 2 aliphatic heterocycles. The Morgan fingerprint density at radius 2 is 1.64 bits per heavy atom. The van der Waals surface area contributed by atoms with Crippen molar-refractivity contribution in [1.29, 1.82) is 0 Å². The van der Waals surface area contributed by atoms with Crippen molar-refractivity contribution in [1.82, 2.24) is 10.2 Å². The standard InChI is InChI=1S/C20H20F2N4O2/c21-15-7-4-8-16(22)17(15)24-19(28)25-11-9-20(10-12-25)18(27)23-13-26(20)14-5-2-1-3-6-14/h1-8H,9-13H2,(H,23,27)(H,24,28). The third-order valence-corrected chi connectivity index (χ3v) is 5.48. The lowest BCUT2D eigenvalue weighted by atomic mass is 9.85. The van der Waals surface area contributed by atoms with Gasteiger partial charge in [-0.15, -0.1) is 0 Å². The van der Waals surface area contributed by atoms with Crippen LogP contribution in [0, 0.1) is 11.6 Å². The molecule has 2 N–H and O–H groups in total. The molecule has 0 saturated carbocycles. The molecule has 4 rings (SSSR count). The van der Waals surface area contributed by atoms with Crippen LogP contribution in [0.3, 0.4) is 0 Å². The van der Waals surface area contributed by atoms with Gasteiger partial charge in [-0.1, -0.05) is 24.3 Å². The maximum absolute atomic E-state index is 13.8. The summed E-state index contributed by atoms with van der Waals surface area (Å²) in [5.41, 5.74) is -0.244. The zero-order valence-corrected chi connectivity index (χ0v) is 15.1. The first kappa shape index (κ1) is 18.2. The van der Waals surface area contributed by atoms with E-state index in [1.165, 1.54) is 11.0 Å². The Morgan fingerprint density at radius 1 is 1.00 bits per heavy atom. The molecule has 28 heavy (non-hydrogen) atoms. The number of hydrogen-bond acceptors (Lipinski definition) is 3. The van der Waals surface area contributed by atoms with Crippen LogP contribution >= 0.6 is 0 Å². The molecule has 8 heteroatoms. The van der Waals surface area contributed by atoms with Gasteiger partial charge in [-0.3, -0.25) is 4.79 Å². The second kappa shape index (κ2) is 7.10. The molecule has 0 aromatic heterocycles. The van der Waals surface area contributed by atoms with E-state index >= 15 is 0 Å². The molecule has 2 heterocycles. The van der Waals surface area contributed by atoms with Gasteiger partial charge in [-0.2, -0.15) is 0 Å². The van der Waals surface area contributed by atoms with E-state index in [0.717, 1.165) is 17.8 Å². The molecule has 6 nitrogen and oxygen atoms in total. The van der Waals surface area contributed by atoms with Crippen molar-refractivity contribution >= 4 is 23.3 Å². The second-order valence-corrected chi connectivity index (χ2v) is 6.97. The van der Waals surface area contributed by atoms with Gasteiger partial charge in [-0.25, -0.2) is 13.6 Å². The zero-order valence-electron chi connectivity index (χ0n) is 15.1. The fraction of sp³-hybridized carbons (Fsp3) is 0.300. The Morgan fingerprint density at radius 3 is 2.29 bits per heavy atom. The molecule has 2 aromatic rings. The predicted octanol–water partition coefficient (Wildman–Crippen LogP) is 2.93. The number of anilines is 2. The average molecular weight is 386 g/mol. The van der Waals surface area contributed by atoms with E-state index in [1.54, 1.807) is 0 Å². The monoisotopic (exact) mass is 386 g/mol. The average Bonchev–Trinajstić information content (AvgIpc) is 3.02. The molecular formula is C20H20F2N4O2. The minimum absolute atomic E-state index is 0.0587. The summed E-state index contributed by atoms with van der Waals surface area (Å²) in [7, 11) is 0. The Labute approximate surface area is 161 Å². The lowest BCUT2D eigenvalue weighted by molar-refractivity contribution is -0.124. The summed E-state index contributed by atoms with van der Waals surface area (Å²) < 4.78 is 27.6. The van der Waals surface area contributed by atoms with Crippen molar-refractivity contribution in [3.63, 3.8) is 0 Å². The number of para-hydroxylation sites is 2. The van der Waals surface area contributed by atoms with Gasteiger partial charge in [-0.05, 0) is 37.1 Å². The smallest absolute Gasteiger partial charge is 0.322 e. The number of nitrogens with one attached hydrogen (secondary N) is 2. The lowest BCUT2D eigenvalue weighted by Gasteiger charge is -2.43. The molecule has 2 saturated heterocycles. The molecule has 0 bridgehead atoms. The van der Waals surface area contributed by atoms with E-state index in [2.05, 4.69) is 10.6 Å². The highest BCUT2D eigenvalue weighted by atomic mass is 19.1. The van der Waals surface area contributed by atoms with Crippen molar-refractivity contribution in [2.45, 2.75) is 18.4 Å². The number of rotatable bonds is 2. The number of urea groups is 1. The van der Waals surface area contributed by atoms with Gasteiger partial charge in [0.2, 0.25) is 5.91 Å². The Kier molecular flexibility index (Phi) is 4.62. The summed E-state index contributed by atoms with van der Waals surface area (Å²) in [5.74, 6) is -1.71. The van der Waals surface area contributed by atoms with Crippen LogP contribution in [0.5, 0.6) is 0 Å². The summed E-state index contributed by atoms with van der Waals surface area (Å²) in [6, 6.07) is 12.5. The van der Waals surface area contributed by atoms with Crippen LogP contribution in [-0.2, 0) is 4.79 Å². The SMILES string of the molecule is O=C(Nc1c(F)cccc1F)N1CCC2(CC1)C(=O)NCN2c1ccccc1. The van der Waals surface area contributed by atoms with E-state index in [9.17, 15) is 18.4 Å². The first-order valence-corrected chi connectivity index (χ1v) is 9.12. The van der Waals surface area contributed by atoms with Crippen LogP contribution in [0.1, 0.15) is 12.8 Å². The first-order chi connectivity index (χ1) is 13.5. The molecule has 0 radical (unpaired) electrons. The van der Waals surface area contributed by atoms with Gasteiger partial charge in [0.15, 0.2) is 0 Å². The van der Waals surface area contributed by atoms with E-state index in [4.69, 9.17) is 0 Å². The van der Waals surface area contributed by atoms with Crippen molar-refractivity contribution < 1.29 is 18.4 Å². The van der Waals surface area contributed by atoms with Crippen molar-refractivity contribution in [2.75, 3.05) is 30.0 Å². The van der Waals surface area contributed by atoms with Gasteiger partial charge in [0, 0.05) is 18.8 Å². The first-order valence-electron chi connectivity index (χ1n) is 9.12. The number of piperidine rings is 1. The van der Waals surface area contributed by atoms with Gasteiger partial charge in [0.1, 0.15) is 22.9 Å². The number of halogens is 2. The van der Waals surface area contributed by atoms with Gasteiger partial charge in [0.25, 0.3) is 0 Å². The van der Waals surface area contributed by atoms with Crippen LogP contribution in [0.25, 0.3) is 0 Å². The number of amides is 3. The molecule has 3 amide bonds. The molecule has 2 fully saturated rings. The normalized spacial score (nSPS) is 18.3. The minimum Gasteiger partial charge on any atom is -0.339 e. The Bertz CT molecular complexity index is 878. The van der Waals surface area contributed by atoms with Crippen LogP contribution in [0.15, 0.2) is 48.5 Å². The van der Waals surface area contributed by atoms with Crippen molar-refractivity contribution in [3.8, 4) is 0 Å². The quantitative estimate of drug-likeness (QED) is 0.834. The number of likely N-dealkylation sites (tertiary alicyclic amines) is 1. The highest BCUT2D eigenvalue weighted by Crippen LogP contribution is 2.36. The van der Waals surface area contributed by atoms with Crippen LogP contribution in [0.2, 0.25) is 0 Å². The second-order valence-electron chi connectivity index (χ2n) is 6.97. The van der Waals surface area contributed by atoms with Crippen molar-refractivity contribution in [2.24, 2.45) is 0 Å². The predicted molar refractivity (Wildman–Crippen MR) is 101 cm³/mol. The van der Waals surface area contributed by atoms with E-state index in [1.807, 2.05) is 35.2 Å². The summed E-state index contributed by atoms with van der Waals surface area (Å²) in [6.07, 6.45) is 0.863. The van der Waals surface area contributed by atoms with Gasteiger partial charge in [0.05, 0.1) is 6.67 Å². The highest BCUT2D eigenvalue weighted by molar-refractivity contribution is 5.94. The molecule has 0 aliphatic carbocycles. The number of benzene rings is 2. The molecule has 0 unspecified atom stereocenters. The molecule has 2 aliphatic rings. The maximum atomic E-state index is 13.8. The Balaban J connectivity index is 1.47. The molecule has 0 atom stereocenters. The molecular weight excluding hydrogens is 366 g/mol. The largest absolute Gasteiger partial charge is 0.339 e. The van der Waals surface area contributed by atoms with Gasteiger partial charge >= 0.3 is 6.03 Å². The van der Waals surface area contributed by atoms with E-state index in [-0.39, 0.29) is 5.91 Å². The third kappa shape index (κ3) is 3.04. The highest BCUT2D eigenvalue weighted by Gasteiger charge is 2.50. The summed E-state index contributed by atoms with van der Waals surface area (Å²) >= 11 is 0. The number of carbonyl (C=O) groups excluding carboxylic acids is 2. The van der Waals surface area contributed by atoms with Crippen molar-refractivity contribution in [3.05, 3.63) is 60.2 Å². The minimum atomic E-state index is -0.827. The summed E-state index contributed by atoms with van der Waals surface area (Å²) in [4.78, 5) is 28.6. The maximum Gasteiger partial charge on any atom is 0.322 e.